The van der Waals surface area contributed by atoms with Crippen LogP contribution in [0.1, 0.15) is 29.5 Å². The zero-order valence-corrected chi connectivity index (χ0v) is 22.6. The number of nitrogens with one attached hydrogen (secondary N) is 1. The number of thiophene rings is 1. The molecule has 0 aliphatic carbocycles. The first kappa shape index (κ1) is 26.2. The van der Waals surface area contributed by atoms with Crippen molar-refractivity contribution in [2.75, 3.05) is 19.6 Å². The van der Waals surface area contributed by atoms with E-state index in [2.05, 4.69) is 34.5 Å². The first-order valence-electron chi connectivity index (χ1n) is 12.7. The molecule has 3 aromatic carbocycles. The summed E-state index contributed by atoms with van der Waals surface area (Å²) in [5.41, 5.74) is 3.33. The summed E-state index contributed by atoms with van der Waals surface area (Å²) in [4.78, 5) is 14.6. The zero-order chi connectivity index (χ0) is 26.4. The molecule has 0 atom stereocenters. The summed E-state index contributed by atoms with van der Waals surface area (Å²) in [5.74, 6) is 0.258. The second-order valence-corrected chi connectivity index (χ2v) is 12.1. The maximum Gasteiger partial charge on any atom is 0.348 e. The Kier molecular flexibility index (Phi) is 8.22. The van der Waals surface area contributed by atoms with Crippen LogP contribution in [0.15, 0.2) is 88.5 Å². The summed E-state index contributed by atoms with van der Waals surface area (Å²) in [7, 11) is -3.80. The topological polar surface area (TPSA) is 75.7 Å². The fourth-order valence-electron chi connectivity index (χ4n) is 4.62. The fourth-order valence-corrected chi connectivity index (χ4v) is 6.50. The fraction of sp³-hybridized carbons (Fsp3) is 0.233. The molecule has 0 radical (unpaired) electrons. The maximum absolute atomic E-state index is 12.5. The van der Waals surface area contributed by atoms with Gasteiger partial charge in [-0.2, -0.15) is 8.42 Å². The third-order valence-corrected chi connectivity index (χ3v) is 9.22. The molecule has 6 nitrogen and oxygen atoms in total. The van der Waals surface area contributed by atoms with E-state index in [1.54, 1.807) is 29.7 Å². The summed E-state index contributed by atoms with van der Waals surface area (Å²) in [6, 6.07) is 23.1. The molecule has 0 fully saturated rings. The van der Waals surface area contributed by atoms with E-state index in [9.17, 15) is 13.2 Å². The quantitative estimate of drug-likeness (QED) is 0.158. The lowest BCUT2D eigenvalue weighted by atomic mass is 9.99. The summed E-state index contributed by atoms with van der Waals surface area (Å²) < 4.78 is 30.5. The van der Waals surface area contributed by atoms with Crippen LogP contribution in [0.3, 0.4) is 0 Å². The van der Waals surface area contributed by atoms with Gasteiger partial charge in [0, 0.05) is 25.7 Å². The Labute approximate surface area is 227 Å². The molecule has 0 spiro atoms. The standard InChI is InChI=1S/C30H30N2O4S2/c33-29(14-10-23-9-11-24-6-1-2-7-26(24)20-23)31-16-3-4-17-32-18-15-25-12-13-28(21-27(25)22-32)36-38(34,35)30-8-5-19-37-30/h1-2,5-14,19-21H,3-4,15-18,22H2,(H,31,33). The Bertz CT molecular complexity index is 1550. The molecule has 196 valence electrons. The van der Waals surface area contributed by atoms with Crippen molar-refractivity contribution in [1.29, 1.82) is 0 Å². The first-order chi connectivity index (χ1) is 18.5. The Morgan fingerprint density at radius 1 is 0.974 bits per heavy atom. The third-order valence-electron chi connectivity index (χ3n) is 6.62. The van der Waals surface area contributed by atoms with Crippen LogP contribution >= 0.6 is 11.3 Å². The largest absolute Gasteiger partial charge is 0.378 e. The van der Waals surface area contributed by atoms with Crippen molar-refractivity contribution >= 4 is 44.2 Å². The molecule has 1 aliphatic heterocycles. The number of fused-ring (bicyclic) bond motifs is 2. The molecule has 0 unspecified atom stereocenters. The predicted octanol–water partition coefficient (Wildman–Crippen LogP) is 5.64. The number of rotatable bonds is 10. The summed E-state index contributed by atoms with van der Waals surface area (Å²) in [6.07, 6.45) is 6.21. The highest BCUT2D eigenvalue weighted by Gasteiger charge is 2.20. The molecule has 0 saturated heterocycles. The smallest absolute Gasteiger partial charge is 0.348 e. The molecular weight excluding hydrogens is 516 g/mol. The zero-order valence-electron chi connectivity index (χ0n) is 21.0. The molecule has 1 aliphatic rings. The van der Waals surface area contributed by atoms with Gasteiger partial charge in [0.2, 0.25) is 5.91 Å². The Morgan fingerprint density at radius 2 is 1.84 bits per heavy atom. The number of nitrogens with zero attached hydrogens (tertiary/aromatic N) is 1. The number of benzene rings is 3. The Balaban J connectivity index is 1.05. The van der Waals surface area contributed by atoms with Gasteiger partial charge in [-0.15, -0.1) is 11.3 Å². The van der Waals surface area contributed by atoms with Crippen LogP contribution in [0, 0.1) is 0 Å². The maximum atomic E-state index is 12.5. The lowest BCUT2D eigenvalue weighted by Crippen LogP contribution is -2.32. The molecule has 0 saturated carbocycles. The van der Waals surface area contributed by atoms with Gasteiger partial charge >= 0.3 is 10.1 Å². The van der Waals surface area contributed by atoms with Crippen LogP contribution in [0.2, 0.25) is 0 Å². The van der Waals surface area contributed by atoms with E-state index in [4.69, 9.17) is 4.18 Å². The van der Waals surface area contributed by atoms with Crippen molar-refractivity contribution in [3.8, 4) is 5.75 Å². The molecule has 2 heterocycles. The van der Waals surface area contributed by atoms with Gasteiger partial charge < -0.3 is 9.50 Å². The summed E-state index contributed by atoms with van der Waals surface area (Å²) >= 11 is 1.14. The van der Waals surface area contributed by atoms with Gasteiger partial charge in [-0.3, -0.25) is 9.69 Å². The molecule has 8 heteroatoms. The van der Waals surface area contributed by atoms with E-state index >= 15 is 0 Å². The minimum Gasteiger partial charge on any atom is -0.378 e. The molecule has 1 N–H and O–H groups in total. The van der Waals surface area contributed by atoms with Gasteiger partial charge in [0.25, 0.3) is 0 Å². The van der Waals surface area contributed by atoms with Crippen LogP contribution in [-0.4, -0.2) is 38.9 Å². The monoisotopic (exact) mass is 546 g/mol. The average molecular weight is 547 g/mol. The molecule has 0 bridgehead atoms. The normalized spacial score (nSPS) is 14.0. The highest BCUT2D eigenvalue weighted by Crippen LogP contribution is 2.27. The van der Waals surface area contributed by atoms with E-state index < -0.39 is 10.1 Å². The molecule has 1 aromatic heterocycles. The van der Waals surface area contributed by atoms with Gasteiger partial charge in [-0.1, -0.05) is 48.5 Å². The number of hydrogen-bond acceptors (Lipinski definition) is 6. The van der Waals surface area contributed by atoms with Gasteiger partial charge in [-0.25, -0.2) is 0 Å². The molecule has 5 rings (SSSR count). The van der Waals surface area contributed by atoms with Crippen LogP contribution in [0.5, 0.6) is 5.75 Å². The number of carbonyl (C=O) groups is 1. The van der Waals surface area contributed by atoms with Gasteiger partial charge in [0.15, 0.2) is 4.21 Å². The van der Waals surface area contributed by atoms with Crippen molar-refractivity contribution in [2.24, 2.45) is 0 Å². The molecule has 4 aromatic rings. The summed E-state index contributed by atoms with van der Waals surface area (Å²) in [6.45, 7) is 3.26. The van der Waals surface area contributed by atoms with Crippen molar-refractivity contribution in [2.45, 2.75) is 30.0 Å². The minimum absolute atomic E-state index is 0.0879. The highest BCUT2D eigenvalue weighted by atomic mass is 32.3. The third kappa shape index (κ3) is 6.69. The van der Waals surface area contributed by atoms with Crippen molar-refractivity contribution in [3.63, 3.8) is 0 Å². The Morgan fingerprint density at radius 3 is 2.68 bits per heavy atom. The number of unbranched alkanes of at least 4 members (excludes halogenated alkanes) is 1. The van der Waals surface area contributed by atoms with Gasteiger partial charge in [0.1, 0.15) is 5.75 Å². The van der Waals surface area contributed by atoms with Crippen LogP contribution < -0.4 is 9.50 Å². The van der Waals surface area contributed by atoms with Crippen molar-refractivity contribution < 1.29 is 17.4 Å². The molecule has 38 heavy (non-hydrogen) atoms. The van der Waals surface area contributed by atoms with Crippen LogP contribution in [0.4, 0.5) is 0 Å². The molecule has 1 amide bonds. The predicted molar refractivity (Wildman–Crippen MR) is 153 cm³/mol. The Hall–Kier alpha value is -3.46. The highest BCUT2D eigenvalue weighted by molar-refractivity contribution is 7.89. The van der Waals surface area contributed by atoms with E-state index in [1.165, 1.54) is 10.9 Å². The number of hydrogen-bond donors (Lipinski definition) is 1. The average Bonchev–Trinajstić information content (AvgIpc) is 3.48. The minimum atomic E-state index is -3.80. The second kappa shape index (κ2) is 11.9. The van der Waals surface area contributed by atoms with Gasteiger partial charge in [0.05, 0.1) is 0 Å². The van der Waals surface area contributed by atoms with E-state index in [0.29, 0.717) is 12.3 Å². The number of amides is 1. The van der Waals surface area contributed by atoms with Crippen LogP contribution in [-0.2, 0) is 27.9 Å². The SMILES string of the molecule is O=C(C=Cc1ccc2ccccc2c1)NCCCCN1CCc2ccc(OS(=O)(=O)c3cccs3)cc2C1. The molecular formula is C30H30N2O4S2. The number of carbonyl (C=O) groups excluding carboxylic acids is 1. The lowest BCUT2D eigenvalue weighted by Gasteiger charge is -2.29. The van der Waals surface area contributed by atoms with Crippen molar-refractivity contribution in [3.05, 3.63) is 101 Å². The van der Waals surface area contributed by atoms with E-state index in [-0.39, 0.29) is 10.1 Å². The van der Waals surface area contributed by atoms with E-state index in [1.807, 2.05) is 36.4 Å². The lowest BCUT2D eigenvalue weighted by molar-refractivity contribution is -0.116. The van der Waals surface area contributed by atoms with E-state index in [0.717, 1.165) is 66.7 Å². The van der Waals surface area contributed by atoms with Crippen LogP contribution in [0.25, 0.3) is 16.8 Å². The van der Waals surface area contributed by atoms with Crippen molar-refractivity contribution in [1.82, 2.24) is 10.2 Å². The summed E-state index contributed by atoms with van der Waals surface area (Å²) in [5, 5.41) is 7.02. The first-order valence-corrected chi connectivity index (χ1v) is 15.0. The van der Waals surface area contributed by atoms with Gasteiger partial charge in [-0.05, 0) is 89.0 Å². The second-order valence-electron chi connectivity index (χ2n) is 9.36.